The molecular weight excluding hydrogens is 271 g/mol. The molecule has 0 amide bonds. The lowest BCUT2D eigenvalue weighted by Crippen LogP contribution is -2.28. The average Bonchev–Trinajstić information content (AvgIpc) is 2.91. The summed E-state index contributed by atoms with van der Waals surface area (Å²) in [5, 5.41) is 6.95. The molecule has 20 heavy (non-hydrogen) atoms. The molecule has 0 radical (unpaired) electrons. The van der Waals surface area contributed by atoms with Gasteiger partial charge in [0.1, 0.15) is 5.69 Å². The van der Waals surface area contributed by atoms with Gasteiger partial charge in [-0.3, -0.25) is 4.68 Å². The fraction of sp³-hybridized carbons (Fsp3) is 0.417. The van der Waals surface area contributed by atoms with E-state index in [4.69, 9.17) is 0 Å². The lowest BCUT2D eigenvalue weighted by molar-refractivity contribution is -0.141. The zero-order chi connectivity index (χ0) is 14.8. The molecule has 2 aromatic rings. The Morgan fingerprint density at radius 3 is 2.60 bits per heavy atom. The van der Waals surface area contributed by atoms with Crippen LogP contribution in [0.2, 0.25) is 0 Å². The molecule has 0 aliphatic rings. The molecule has 2 unspecified atom stereocenters. The first-order valence-electron chi connectivity index (χ1n) is 6.04. The van der Waals surface area contributed by atoms with Crippen LogP contribution in [0.3, 0.4) is 0 Å². The van der Waals surface area contributed by atoms with Crippen molar-refractivity contribution in [2.45, 2.75) is 32.1 Å². The smallest absolute Gasteiger partial charge is 0.350 e. The Morgan fingerprint density at radius 1 is 1.25 bits per heavy atom. The van der Waals surface area contributed by atoms with Gasteiger partial charge in [0.15, 0.2) is 0 Å². The standard InChI is InChI=1S/C12H14F3N5/c1-8(9(2)20-7-3-5-17-20)18-11-16-6-4-10(19-11)12(13,14)15/h3-9H,1-2H3,(H,16,18,19). The maximum Gasteiger partial charge on any atom is 0.433 e. The fourth-order valence-electron chi connectivity index (χ4n) is 1.66. The first-order chi connectivity index (χ1) is 9.38. The monoisotopic (exact) mass is 285 g/mol. The largest absolute Gasteiger partial charge is 0.433 e. The highest BCUT2D eigenvalue weighted by Gasteiger charge is 2.33. The maximum atomic E-state index is 12.6. The van der Waals surface area contributed by atoms with Crippen molar-refractivity contribution in [1.29, 1.82) is 0 Å². The molecule has 108 valence electrons. The van der Waals surface area contributed by atoms with Gasteiger partial charge in [-0.2, -0.15) is 18.3 Å². The minimum atomic E-state index is -4.48. The van der Waals surface area contributed by atoms with E-state index in [1.807, 2.05) is 13.8 Å². The highest BCUT2D eigenvalue weighted by molar-refractivity contribution is 5.27. The summed E-state index contributed by atoms with van der Waals surface area (Å²) in [4.78, 5) is 7.28. The van der Waals surface area contributed by atoms with Crippen LogP contribution in [0, 0.1) is 0 Å². The van der Waals surface area contributed by atoms with Crippen molar-refractivity contribution in [3.63, 3.8) is 0 Å². The summed E-state index contributed by atoms with van der Waals surface area (Å²) in [6.07, 6.45) is 0.0412. The van der Waals surface area contributed by atoms with E-state index in [0.717, 1.165) is 12.3 Å². The third kappa shape index (κ3) is 3.25. The van der Waals surface area contributed by atoms with Crippen LogP contribution in [-0.2, 0) is 6.18 Å². The molecule has 0 saturated carbocycles. The molecule has 2 heterocycles. The Hall–Kier alpha value is -2.12. The third-order valence-electron chi connectivity index (χ3n) is 2.97. The van der Waals surface area contributed by atoms with Crippen LogP contribution in [-0.4, -0.2) is 25.8 Å². The van der Waals surface area contributed by atoms with E-state index in [9.17, 15) is 13.2 Å². The van der Waals surface area contributed by atoms with Gasteiger partial charge in [-0.1, -0.05) is 0 Å². The Morgan fingerprint density at radius 2 is 2.00 bits per heavy atom. The molecule has 1 N–H and O–H groups in total. The van der Waals surface area contributed by atoms with E-state index < -0.39 is 11.9 Å². The second-order valence-electron chi connectivity index (χ2n) is 4.42. The Kier molecular flexibility index (Phi) is 3.91. The zero-order valence-corrected chi connectivity index (χ0v) is 11.0. The quantitative estimate of drug-likeness (QED) is 0.938. The van der Waals surface area contributed by atoms with Crippen molar-refractivity contribution in [2.24, 2.45) is 0 Å². The highest BCUT2D eigenvalue weighted by atomic mass is 19.4. The van der Waals surface area contributed by atoms with Gasteiger partial charge < -0.3 is 5.32 Å². The second kappa shape index (κ2) is 5.48. The fourth-order valence-corrected chi connectivity index (χ4v) is 1.66. The number of rotatable bonds is 4. The van der Waals surface area contributed by atoms with Crippen molar-refractivity contribution < 1.29 is 13.2 Å². The second-order valence-corrected chi connectivity index (χ2v) is 4.42. The Labute approximate surface area is 113 Å². The molecule has 0 spiro atoms. The van der Waals surface area contributed by atoms with E-state index in [-0.39, 0.29) is 18.0 Å². The third-order valence-corrected chi connectivity index (χ3v) is 2.97. The van der Waals surface area contributed by atoms with E-state index in [1.165, 1.54) is 0 Å². The van der Waals surface area contributed by atoms with Crippen molar-refractivity contribution >= 4 is 5.95 Å². The number of anilines is 1. The highest BCUT2D eigenvalue weighted by Crippen LogP contribution is 2.27. The lowest BCUT2D eigenvalue weighted by Gasteiger charge is -2.21. The van der Waals surface area contributed by atoms with E-state index >= 15 is 0 Å². The van der Waals surface area contributed by atoms with E-state index in [2.05, 4.69) is 20.4 Å². The van der Waals surface area contributed by atoms with E-state index in [1.54, 1.807) is 23.1 Å². The van der Waals surface area contributed by atoms with E-state index in [0.29, 0.717) is 0 Å². The minimum absolute atomic E-state index is 0.0497. The van der Waals surface area contributed by atoms with Crippen LogP contribution >= 0.6 is 0 Å². The van der Waals surface area contributed by atoms with Crippen LogP contribution in [0.5, 0.6) is 0 Å². The number of aromatic nitrogens is 4. The topological polar surface area (TPSA) is 55.6 Å². The van der Waals surface area contributed by atoms with Crippen LogP contribution in [0.15, 0.2) is 30.7 Å². The number of hydrogen-bond donors (Lipinski definition) is 1. The van der Waals surface area contributed by atoms with Gasteiger partial charge in [0.25, 0.3) is 0 Å². The number of nitrogens with zero attached hydrogens (tertiary/aromatic N) is 4. The van der Waals surface area contributed by atoms with Gasteiger partial charge in [0.2, 0.25) is 5.95 Å². The summed E-state index contributed by atoms with van der Waals surface area (Å²) in [7, 11) is 0. The molecule has 2 aromatic heterocycles. The number of alkyl halides is 3. The van der Waals surface area contributed by atoms with Crippen LogP contribution in [0.4, 0.5) is 19.1 Å². The minimum Gasteiger partial charge on any atom is -0.350 e. The molecule has 2 atom stereocenters. The first kappa shape index (κ1) is 14.3. The predicted molar refractivity (Wildman–Crippen MR) is 67.1 cm³/mol. The summed E-state index contributed by atoms with van der Waals surface area (Å²) >= 11 is 0. The lowest BCUT2D eigenvalue weighted by atomic mass is 10.2. The van der Waals surface area contributed by atoms with Crippen molar-refractivity contribution in [1.82, 2.24) is 19.7 Å². The summed E-state index contributed by atoms with van der Waals surface area (Å²) < 4.78 is 39.4. The molecule has 2 rings (SSSR count). The average molecular weight is 285 g/mol. The number of hydrogen-bond acceptors (Lipinski definition) is 4. The number of nitrogens with one attached hydrogen (secondary N) is 1. The maximum absolute atomic E-state index is 12.6. The summed E-state index contributed by atoms with van der Waals surface area (Å²) in [5.74, 6) is -0.0497. The first-order valence-corrected chi connectivity index (χ1v) is 6.04. The summed E-state index contributed by atoms with van der Waals surface area (Å²) in [6, 6.07) is 2.39. The normalized spacial score (nSPS) is 14.8. The SMILES string of the molecule is CC(Nc1nccc(C(F)(F)F)n1)C(C)n1cccn1. The molecule has 5 nitrogen and oxygen atoms in total. The van der Waals surface area contributed by atoms with Crippen molar-refractivity contribution in [3.8, 4) is 0 Å². The zero-order valence-electron chi connectivity index (χ0n) is 11.0. The molecule has 0 fully saturated rings. The molecule has 0 aliphatic carbocycles. The predicted octanol–water partition coefficient (Wildman–Crippen LogP) is 2.75. The van der Waals surface area contributed by atoms with Crippen LogP contribution < -0.4 is 5.32 Å². The van der Waals surface area contributed by atoms with Gasteiger partial charge in [0.05, 0.1) is 6.04 Å². The molecule has 0 saturated heterocycles. The molecule has 8 heteroatoms. The summed E-state index contributed by atoms with van der Waals surface area (Å²) in [5.41, 5.74) is -0.964. The molecule has 0 bridgehead atoms. The van der Waals surface area contributed by atoms with Gasteiger partial charge in [-0.25, -0.2) is 9.97 Å². The summed E-state index contributed by atoms with van der Waals surface area (Å²) in [6.45, 7) is 3.73. The Bertz CT molecular complexity index is 552. The Balaban J connectivity index is 2.10. The van der Waals surface area contributed by atoms with Gasteiger partial charge in [-0.05, 0) is 26.0 Å². The van der Waals surface area contributed by atoms with Crippen molar-refractivity contribution in [2.75, 3.05) is 5.32 Å². The molecule has 0 aliphatic heterocycles. The molecular formula is C12H14F3N5. The van der Waals surface area contributed by atoms with Gasteiger partial charge >= 0.3 is 6.18 Å². The van der Waals surface area contributed by atoms with Gasteiger partial charge in [-0.15, -0.1) is 0 Å². The van der Waals surface area contributed by atoms with Gasteiger partial charge in [0, 0.05) is 24.6 Å². The molecule has 0 aromatic carbocycles. The number of halogens is 3. The van der Waals surface area contributed by atoms with Crippen molar-refractivity contribution in [3.05, 3.63) is 36.4 Å². The van der Waals surface area contributed by atoms with Crippen LogP contribution in [0.25, 0.3) is 0 Å². The van der Waals surface area contributed by atoms with Crippen LogP contribution in [0.1, 0.15) is 25.6 Å².